The van der Waals surface area contributed by atoms with E-state index >= 15 is 0 Å². The third kappa shape index (κ3) is 1.87. The zero-order chi connectivity index (χ0) is 14.2. The molecule has 1 atom stereocenters. The predicted octanol–water partition coefficient (Wildman–Crippen LogP) is 3.49. The summed E-state index contributed by atoms with van der Waals surface area (Å²) in [5.41, 5.74) is 1.04. The highest BCUT2D eigenvalue weighted by Crippen LogP contribution is 2.66. The largest absolute Gasteiger partial charge is 0.463 e. The van der Waals surface area contributed by atoms with Crippen LogP contribution in [0.4, 0.5) is 0 Å². The summed E-state index contributed by atoms with van der Waals surface area (Å²) in [6, 6.07) is 8.07. The Morgan fingerprint density at radius 2 is 2.00 bits per heavy atom. The van der Waals surface area contributed by atoms with E-state index in [2.05, 4.69) is 6.92 Å². The minimum atomic E-state index is -0.827. The molecule has 1 saturated heterocycles. The fraction of sp³-hybridized carbons (Fsp3) is 0.588. The third-order valence-corrected chi connectivity index (χ3v) is 4.59. The molecular formula is C17H22O3. The third-order valence-electron chi connectivity index (χ3n) is 4.59. The van der Waals surface area contributed by atoms with Gasteiger partial charge in [0, 0.05) is 0 Å². The summed E-state index contributed by atoms with van der Waals surface area (Å²) in [6.45, 7) is 4.62. The van der Waals surface area contributed by atoms with Crippen LogP contribution in [0.15, 0.2) is 24.3 Å². The standard InChI is InChI=1S/C17H22O3/c1-3-4-12-19-15(18)17(16(20-17)10-5-11-16)14-8-6-13(2)7-9-14/h6-9H,3-5,10-12H2,1-2H3. The van der Waals surface area contributed by atoms with Crippen molar-refractivity contribution in [3.63, 3.8) is 0 Å². The Bertz CT molecular complexity index is 501. The van der Waals surface area contributed by atoms with Gasteiger partial charge in [0.05, 0.1) is 6.61 Å². The summed E-state index contributed by atoms with van der Waals surface area (Å²) in [7, 11) is 0. The smallest absolute Gasteiger partial charge is 0.346 e. The molecule has 3 rings (SSSR count). The maximum Gasteiger partial charge on any atom is 0.346 e. The minimum absolute atomic E-state index is 0.200. The molecule has 0 N–H and O–H groups in total. The molecular weight excluding hydrogens is 252 g/mol. The molecule has 3 nitrogen and oxygen atoms in total. The number of hydrogen-bond donors (Lipinski definition) is 0. The molecule has 0 bridgehead atoms. The molecule has 1 aliphatic heterocycles. The van der Waals surface area contributed by atoms with E-state index in [9.17, 15) is 4.79 Å². The monoisotopic (exact) mass is 274 g/mol. The lowest BCUT2D eigenvalue weighted by Gasteiger charge is -2.26. The minimum Gasteiger partial charge on any atom is -0.463 e. The van der Waals surface area contributed by atoms with Crippen molar-refractivity contribution < 1.29 is 14.3 Å². The number of esters is 1. The SMILES string of the molecule is CCCCOC(=O)C1(c2ccc(C)cc2)OC12CCC2. The number of carbonyl (C=O) groups is 1. The molecule has 1 heterocycles. The van der Waals surface area contributed by atoms with Gasteiger partial charge in [0.2, 0.25) is 5.60 Å². The van der Waals surface area contributed by atoms with Crippen LogP contribution in [0.1, 0.15) is 50.2 Å². The average Bonchev–Trinajstić information content (AvgIpc) is 3.12. The van der Waals surface area contributed by atoms with Gasteiger partial charge in [-0.1, -0.05) is 43.2 Å². The van der Waals surface area contributed by atoms with E-state index < -0.39 is 5.60 Å². The fourth-order valence-corrected chi connectivity index (χ4v) is 3.09. The number of hydrogen-bond acceptors (Lipinski definition) is 3. The number of carbonyl (C=O) groups excluding carboxylic acids is 1. The number of epoxide rings is 1. The first kappa shape index (κ1) is 13.6. The second-order valence-electron chi connectivity index (χ2n) is 5.99. The second-order valence-corrected chi connectivity index (χ2v) is 5.99. The van der Waals surface area contributed by atoms with Crippen LogP contribution in [-0.2, 0) is 19.9 Å². The lowest BCUT2D eigenvalue weighted by molar-refractivity contribution is -0.150. The predicted molar refractivity (Wildman–Crippen MR) is 76.4 cm³/mol. The summed E-state index contributed by atoms with van der Waals surface area (Å²) >= 11 is 0. The zero-order valence-electron chi connectivity index (χ0n) is 12.3. The lowest BCUT2D eigenvalue weighted by Crippen LogP contribution is -2.38. The van der Waals surface area contributed by atoms with E-state index in [0.717, 1.165) is 37.7 Å². The van der Waals surface area contributed by atoms with Gasteiger partial charge >= 0.3 is 5.97 Å². The first-order valence-corrected chi connectivity index (χ1v) is 7.59. The van der Waals surface area contributed by atoms with E-state index in [1.54, 1.807) is 0 Å². The number of rotatable bonds is 5. The summed E-state index contributed by atoms with van der Waals surface area (Å²) < 4.78 is 11.4. The Balaban J connectivity index is 1.83. The van der Waals surface area contributed by atoms with E-state index in [1.807, 2.05) is 31.2 Å². The van der Waals surface area contributed by atoms with Gasteiger partial charge in [-0.25, -0.2) is 4.79 Å². The van der Waals surface area contributed by atoms with Crippen molar-refractivity contribution in [2.45, 2.75) is 57.2 Å². The van der Waals surface area contributed by atoms with Gasteiger partial charge in [-0.05, 0) is 38.2 Å². The van der Waals surface area contributed by atoms with Gasteiger partial charge in [-0.2, -0.15) is 0 Å². The molecule has 3 heteroatoms. The topological polar surface area (TPSA) is 38.8 Å². The molecule has 1 aromatic carbocycles. The van der Waals surface area contributed by atoms with Crippen LogP contribution in [0.2, 0.25) is 0 Å². The summed E-state index contributed by atoms with van der Waals surface area (Å²) in [5, 5.41) is 0. The first-order valence-electron chi connectivity index (χ1n) is 7.59. The van der Waals surface area contributed by atoms with Gasteiger partial charge in [0.15, 0.2) is 0 Å². The summed E-state index contributed by atoms with van der Waals surface area (Å²) in [6.07, 6.45) is 4.99. The molecule has 2 fully saturated rings. The number of ether oxygens (including phenoxy) is 2. The van der Waals surface area contributed by atoms with Crippen LogP contribution < -0.4 is 0 Å². The Morgan fingerprint density at radius 3 is 2.50 bits per heavy atom. The van der Waals surface area contributed by atoms with Crippen LogP contribution in [0.25, 0.3) is 0 Å². The lowest BCUT2D eigenvalue weighted by atomic mass is 9.73. The molecule has 20 heavy (non-hydrogen) atoms. The maximum atomic E-state index is 12.5. The molecule has 0 aromatic heterocycles. The van der Waals surface area contributed by atoms with Crippen LogP contribution in [0, 0.1) is 6.92 Å². The Morgan fingerprint density at radius 1 is 1.30 bits per heavy atom. The van der Waals surface area contributed by atoms with Gasteiger partial charge in [-0.15, -0.1) is 0 Å². The van der Waals surface area contributed by atoms with Gasteiger partial charge < -0.3 is 9.47 Å². The van der Waals surface area contributed by atoms with Crippen LogP contribution in [0.3, 0.4) is 0 Å². The van der Waals surface area contributed by atoms with Gasteiger partial charge in [0.1, 0.15) is 5.60 Å². The average molecular weight is 274 g/mol. The Labute approximate surface area is 120 Å². The van der Waals surface area contributed by atoms with E-state index in [4.69, 9.17) is 9.47 Å². The van der Waals surface area contributed by atoms with E-state index in [1.165, 1.54) is 5.56 Å². The zero-order valence-corrected chi connectivity index (χ0v) is 12.3. The van der Waals surface area contributed by atoms with E-state index in [-0.39, 0.29) is 11.6 Å². The van der Waals surface area contributed by atoms with E-state index in [0.29, 0.717) is 6.61 Å². The summed E-state index contributed by atoms with van der Waals surface area (Å²) in [4.78, 5) is 12.5. The Kier molecular flexibility index (Phi) is 3.33. The number of unbranched alkanes of at least 4 members (excludes halogenated alkanes) is 1. The quantitative estimate of drug-likeness (QED) is 0.469. The van der Waals surface area contributed by atoms with Crippen molar-refractivity contribution in [3.05, 3.63) is 35.4 Å². The van der Waals surface area contributed by atoms with Crippen molar-refractivity contribution >= 4 is 5.97 Å². The first-order chi connectivity index (χ1) is 9.64. The molecule has 1 aromatic rings. The van der Waals surface area contributed by atoms with Gasteiger partial charge in [-0.3, -0.25) is 0 Å². The molecule has 0 radical (unpaired) electrons. The van der Waals surface area contributed by atoms with Crippen LogP contribution in [0.5, 0.6) is 0 Å². The van der Waals surface area contributed by atoms with Crippen molar-refractivity contribution in [1.82, 2.24) is 0 Å². The second kappa shape index (κ2) is 4.88. The molecule has 1 saturated carbocycles. The highest BCUT2D eigenvalue weighted by Gasteiger charge is 2.78. The highest BCUT2D eigenvalue weighted by atomic mass is 16.7. The maximum absolute atomic E-state index is 12.5. The van der Waals surface area contributed by atoms with Crippen molar-refractivity contribution in [3.8, 4) is 0 Å². The molecule has 1 spiro atoms. The fourth-order valence-electron chi connectivity index (χ4n) is 3.09. The number of aryl methyl sites for hydroxylation is 1. The van der Waals surface area contributed by atoms with Gasteiger partial charge in [0.25, 0.3) is 0 Å². The van der Waals surface area contributed by atoms with Crippen molar-refractivity contribution in [1.29, 1.82) is 0 Å². The molecule has 0 amide bonds. The summed E-state index contributed by atoms with van der Waals surface area (Å²) in [5.74, 6) is -0.200. The molecule has 2 aliphatic rings. The molecule has 108 valence electrons. The van der Waals surface area contributed by atoms with Crippen LogP contribution >= 0.6 is 0 Å². The normalized spacial score (nSPS) is 26.1. The molecule has 1 unspecified atom stereocenters. The molecule has 1 aliphatic carbocycles. The van der Waals surface area contributed by atoms with Crippen molar-refractivity contribution in [2.75, 3.05) is 6.61 Å². The highest BCUT2D eigenvalue weighted by molar-refractivity contribution is 5.87. The van der Waals surface area contributed by atoms with Crippen molar-refractivity contribution in [2.24, 2.45) is 0 Å². The van der Waals surface area contributed by atoms with Crippen LogP contribution in [-0.4, -0.2) is 18.2 Å². The number of benzene rings is 1. The Hall–Kier alpha value is -1.35.